The minimum Gasteiger partial charge on any atom is -0.465 e. The highest BCUT2D eigenvalue weighted by molar-refractivity contribution is 6.12. The molecule has 0 aliphatic rings. The molecule has 2 aromatic heterocycles. The number of pyridine rings is 1. The minimum absolute atomic E-state index is 0.113. The van der Waals surface area contributed by atoms with Gasteiger partial charge in [-0.2, -0.15) is 0 Å². The number of amides is 1. The molecule has 2 heterocycles. The molecule has 0 aliphatic carbocycles. The van der Waals surface area contributed by atoms with Gasteiger partial charge in [-0.25, -0.2) is 9.78 Å². The Labute approximate surface area is 218 Å². The van der Waals surface area contributed by atoms with Crippen molar-refractivity contribution in [2.24, 2.45) is 5.92 Å². The lowest BCUT2D eigenvalue weighted by Gasteiger charge is -2.20. The fraction of sp³-hybridized carbons (Fsp3) is 0.429. The van der Waals surface area contributed by atoms with E-state index in [1.165, 1.54) is 7.11 Å². The first-order valence-electron chi connectivity index (χ1n) is 12.3. The van der Waals surface area contributed by atoms with E-state index >= 15 is 0 Å². The zero-order valence-corrected chi connectivity index (χ0v) is 22.8. The van der Waals surface area contributed by atoms with Crippen LogP contribution < -0.4 is 10.6 Å². The third-order valence-electron chi connectivity index (χ3n) is 6.27. The molecule has 0 spiro atoms. The van der Waals surface area contributed by atoms with Crippen molar-refractivity contribution in [1.29, 1.82) is 0 Å². The predicted octanol–water partition coefficient (Wildman–Crippen LogP) is 5.16. The summed E-state index contributed by atoms with van der Waals surface area (Å²) in [6, 6.07) is 8.98. The summed E-state index contributed by atoms with van der Waals surface area (Å²) in [7, 11) is 7.14. The molecular formula is C28H38N4O5. The van der Waals surface area contributed by atoms with Crippen LogP contribution in [0, 0.1) is 12.8 Å². The van der Waals surface area contributed by atoms with E-state index in [1.54, 1.807) is 37.5 Å². The number of hydrogen-bond donors (Lipinski definition) is 2. The quantitative estimate of drug-likeness (QED) is 0.284. The molecule has 0 aliphatic heterocycles. The second-order valence-electron chi connectivity index (χ2n) is 9.13. The van der Waals surface area contributed by atoms with Gasteiger partial charge in [-0.1, -0.05) is 13.0 Å². The third-order valence-corrected chi connectivity index (χ3v) is 6.27. The molecule has 0 saturated heterocycles. The van der Waals surface area contributed by atoms with Crippen LogP contribution >= 0.6 is 0 Å². The normalized spacial score (nSPS) is 12.3. The van der Waals surface area contributed by atoms with Crippen molar-refractivity contribution in [1.82, 2.24) is 9.88 Å². The zero-order valence-electron chi connectivity index (χ0n) is 22.8. The number of rotatable bonds is 10. The van der Waals surface area contributed by atoms with Crippen LogP contribution in [0.15, 0.2) is 40.9 Å². The number of nitrogens with one attached hydrogen (secondary N) is 2. The van der Waals surface area contributed by atoms with Crippen LogP contribution in [0.5, 0.6) is 0 Å². The van der Waals surface area contributed by atoms with Crippen LogP contribution in [0.25, 0.3) is 11.0 Å². The SMILES string of the molecule is CC[C@@H](C=O)CC[C@@H](C)N(C)C.CNc1c(C(=O)Nc2ccc(C)cn2)oc2ccc(C(=O)OC)cc12. The number of hydrogen-bond acceptors (Lipinski definition) is 8. The standard InChI is InChI=1S/C18H17N3O4.C10H21NO/c1-10-4-7-14(20-9-10)21-17(22)16-15(19-2)12-8-11(18(23)24-3)5-6-13(12)25-16;1-5-10(8-12)7-6-9(2)11(3)4/h4-9,19H,1-3H3,(H,20,21,22);8-10H,5-7H2,1-4H3/t;9-,10-/m.1/s1. The molecule has 2 N–H and O–H groups in total. The van der Waals surface area contributed by atoms with E-state index in [0.717, 1.165) is 31.1 Å². The summed E-state index contributed by atoms with van der Waals surface area (Å²) in [5.41, 5.74) is 2.34. The molecule has 9 nitrogen and oxygen atoms in total. The Morgan fingerprint density at radius 3 is 2.46 bits per heavy atom. The first-order valence-corrected chi connectivity index (χ1v) is 12.3. The molecular weight excluding hydrogens is 472 g/mol. The summed E-state index contributed by atoms with van der Waals surface area (Å²) in [6.07, 6.45) is 5.87. The Hall–Kier alpha value is -3.72. The summed E-state index contributed by atoms with van der Waals surface area (Å²) < 4.78 is 10.4. The van der Waals surface area contributed by atoms with Crippen LogP contribution in [0.3, 0.4) is 0 Å². The highest BCUT2D eigenvalue weighted by atomic mass is 16.5. The lowest BCUT2D eigenvalue weighted by Crippen LogP contribution is -2.25. The number of anilines is 2. The third kappa shape index (κ3) is 8.15. The number of aryl methyl sites for hydroxylation is 1. The number of methoxy groups -OCH3 is 1. The molecule has 1 amide bonds. The average Bonchev–Trinajstić information content (AvgIpc) is 3.28. The molecule has 3 rings (SSSR count). The van der Waals surface area contributed by atoms with Gasteiger partial charge < -0.3 is 29.5 Å². The Kier molecular flexibility index (Phi) is 11.3. The smallest absolute Gasteiger partial charge is 0.337 e. The number of carbonyl (C=O) groups excluding carboxylic acids is 3. The second-order valence-corrected chi connectivity index (χ2v) is 9.13. The van der Waals surface area contributed by atoms with Crippen LogP contribution in [-0.2, 0) is 9.53 Å². The number of esters is 1. The topological polar surface area (TPSA) is 114 Å². The Bertz CT molecular complexity index is 1190. The fourth-order valence-corrected chi connectivity index (χ4v) is 3.55. The van der Waals surface area contributed by atoms with Crippen LogP contribution in [-0.4, -0.2) is 62.3 Å². The maximum Gasteiger partial charge on any atom is 0.337 e. The number of ether oxygens (including phenoxy) is 1. The molecule has 37 heavy (non-hydrogen) atoms. The predicted molar refractivity (Wildman–Crippen MR) is 146 cm³/mol. The second kappa shape index (κ2) is 14.1. The monoisotopic (exact) mass is 510 g/mol. The van der Waals surface area contributed by atoms with E-state index in [1.807, 2.05) is 13.0 Å². The number of nitrogens with zero attached hydrogens (tertiary/aromatic N) is 2. The van der Waals surface area contributed by atoms with Crippen LogP contribution in [0.1, 0.15) is 59.6 Å². The largest absolute Gasteiger partial charge is 0.465 e. The molecule has 9 heteroatoms. The molecule has 0 bridgehead atoms. The van der Waals surface area contributed by atoms with E-state index in [4.69, 9.17) is 9.15 Å². The van der Waals surface area contributed by atoms with Gasteiger partial charge in [-0.05, 0) is 77.0 Å². The highest BCUT2D eigenvalue weighted by Gasteiger charge is 2.21. The van der Waals surface area contributed by atoms with Gasteiger partial charge in [0, 0.05) is 30.6 Å². The summed E-state index contributed by atoms with van der Waals surface area (Å²) in [6.45, 7) is 6.17. The van der Waals surface area contributed by atoms with Gasteiger partial charge in [0.25, 0.3) is 5.91 Å². The van der Waals surface area contributed by atoms with Crippen molar-refractivity contribution in [2.75, 3.05) is 38.9 Å². The van der Waals surface area contributed by atoms with E-state index in [9.17, 15) is 14.4 Å². The average molecular weight is 511 g/mol. The van der Waals surface area contributed by atoms with Crippen LogP contribution in [0.2, 0.25) is 0 Å². The Balaban J connectivity index is 0.000000341. The summed E-state index contributed by atoms with van der Waals surface area (Å²) in [5, 5.41) is 6.26. The van der Waals surface area contributed by atoms with Gasteiger partial charge in [0.1, 0.15) is 17.7 Å². The Morgan fingerprint density at radius 1 is 1.19 bits per heavy atom. The van der Waals surface area contributed by atoms with Gasteiger partial charge in [0.15, 0.2) is 0 Å². The molecule has 0 saturated carbocycles. The molecule has 2 atom stereocenters. The first kappa shape index (κ1) is 29.5. The van der Waals surface area contributed by atoms with Crippen molar-refractivity contribution >= 4 is 40.6 Å². The van der Waals surface area contributed by atoms with Gasteiger partial charge in [-0.3, -0.25) is 4.79 Å². The number of aromatic nitrogens is 1. The van der Waals surface area contributed by atoms with Crippen molar-refractivity contribution in [2.45, 2.75) is 46.1 Å². The van der Waals surface area contributed by atoms with E-state index in [-0.39, 0.29) is 11.7 Å². The van der Waals surface area contributed by atoms with Gasteiger partial charge in [0.2, 0.25) is 5.76 Å². The molecule has 0 fully saturated rings. The fourth-order valence-electron chi connectivity index (χ4n) is 3.55. The lowest BCUT2D eigenvalue weighted by molar-refractivity contribution is -0.111. The zero-order chi connectivity index (χ0) is 27.5. The number of aldehydes is 1. The first-order chi connectivity index (χ1) is 17.6. The van der Waals surface area contributed by atoms with Crippen molar-refractivity contribution in [3.05, 3.63) is 53.4 Å². The van der Waals surface area contributed by atoms with E-state index in [2.05, 4.69) is 48.5 Å². The number of fused-ring (bicyclic) bond motifs is 1. The van der Waals surface area contributed by atoms with Crippen molar-refractivity contribution < 1.29 is 23.5 Å². The van der Waals surface area contributed by atoms with Crippen LogP contribution in [0.4, 0.5) is 11.5 Å². The lowest BCUT2D eigenvalue weighted by atomic mass is 9.99. The molecule has 0 unspecified atom stereocenters. The molecule has 0 radical (unpaired) electrons. The maximum atomic E-state index is 12.5. The van der Waals surface area contributed by atoms with E-state index < -0.39 is 11.9 Å². The van der Waals surface area contributed by atoms with Gasteiger partial charge in [0.05, 0.1) is 18.4 Å². The van der Waals surface area contributed by atoms with Gasteiger partial charge >= 0.3 is 5.97 Å². The highest BCUT2D eigenvalue weighted by Crippen LogP contribution is 2.32. The molecule has 1 aromatic carbocycles. The van der Waals surface area contributed by atoms with Gasteiger partial charge in [-0.15, -0.1) is 0 Å². The summed E-state index contributed by atoms with van der Waals surface area (Å²) >= 11 is 0. The molecule has 200 valence electrons. The summed E-state index contributed by atoms with van der Waals surface area (Å²) in [4.78, 5) is 41.1. The Morgan fingerprint density at radius 2 is 1.92 bits per heavy atom. The number of carbonyl (C=O) groups is 3. The summed E-state index contributed by atoms with van der Waals surface area (Å²) in [5.74, 6) is -0.0841. The molecule has 3 aromatic rings. The maximum absolute atomic E-state index is 12.5. The number of benzene rings is 1. The number of furan rings is 1. The van der Waals surface area contributed by atoms with Crippen molar-refractivity contribution in [3.63, 3.8) is 0 Å². The van der Waals surface area contributed by atoms with E-state index in [0.29, 0.717) is 34.1 Å². The van der Waals surface area contributed by atoms with Crippen molar-refractivity contribution in [3.8, 4) is 0 Å². The minimum atomic E-state index is -0.458.